The number of hydrogen-bond donors (Lipinski definition) is 1. The molecule has 4 rings (SSSR count). The lowest BCUT2D eigenvalue weighted by molar-refractivity contribution is -0.138. The van der Waals surface area contributed by atoms with Crippen LogP contribution in [0.3, 0.4) is 0 Å². The zero-order chi connectivity index (χ0) is 28.3. The van der Waals surface area contributed by atoms with E-state index in [2.05, 4.69) is 6.92 Å². The molecule has 0 aromatic heterocycles. The number of halogens is 3. The number of amides is 1. The highest BCUT2D eigenvalue weighted by Gasteiger charge is 2.36. The number of morpholine rings is 1. The topological polar surface area (TPSA) is 79.3 Å². The number of benzene rings is 2. The van der Waals surface area contributed by atoms with Gasteiger partial charge >= 0.3 is 12.1 Å². The van der Waals surface area contributed by atoms with E-state index in [0.29, 0.717) is 37.9 Å². The summed E-state index contributed by atoms with van der Waals surface area (Å²) in [5, 5.41) is 9.99. The highest BCUT2D eigenvalue weighted by molar-refractivity contribution is 6.03. The quantitative estimate of drug-likeness (QED) is 0.420. The second-order valence-electron chi connectivity index (χ2n) is 10.6. The molecule has 2 aromatic rings. The molecule has 39 heavy (non-hydrogen) atoms. The number of carbonyl (C=O) groups is 2. The number of aromatic carboxylic acids is 1. The average molecular weight is 549 g/mol. The Morgan fingerprint density at radius 1 is 1.05 bits per heavy atom. The maximum absolute atomic E-state index is 14.0. The summed E-state index contributed by atoms with van der Waals surface area (Å²) < 4.78 is 52.9. The van der Waals surface area contributed by atoms with Crippen molar-refractivity contribution in [1.29, 1.82) is 0 Å². The first-order valence-electron chi connectivity index (χ1n) is 13.4. The molecular weight excluding hydrogens is 513 g/mol. The van der Waals surface area contributed by atoms with Gasteiger partial charge in [-0.25, -0.2) is 4.79 Å². The van der Waals surface area contributed by atoms with Crippen molar-refractivity contribution in [3.05, 3.63) is 47.5 Å². The van der Waals surface area contributed by atoms with E-state index in [-0.39, 0.29) is 34.9 Å². The van der Waals surface area contributed by atoms with Crippen LogP contribution in [0.25, 0.3) is 0 Å². The van der Waals surface area contributed by atoms with Crippen molar-refractivity contribution in [1.82, 2.24) is 0 Å². The highest BCUT2D eigenvalue weighted by atomic mass is 19.4. The van der Waals surface area contributed by atoms with E-state index in [1.54, 1.807) is 6.07 Å². The van der Waals surface area contributed by atoms with Crippen LogP contribution in [0.5, 0.6) is 11.5 Å². The van der Waals surface area contributed by atoms with Gasteiger partial charge in [-0.3, -0.25) is 4.79 Å². The first kappa shape index (κ1) is 28.7. The third-order valence-corrected chi connectivity index (χ3v) is 7.45. The molecule has 0 spiro atoms. The van der Waals surface area contributed by atoms with Crippen molar-refractivity contribution in [3.8, 4) is 11.5 Å². The summed E-state index contributed by atoms with van der Waals surface area (Å²) in [7, 11) is 0. The molecule has 2 aromatic carbocycles. The number of ether oxygens (including phenoxy) is 2. The Morgan fingerprint density at radius 2 is 1.72 bits per heavy atom. The molecule has 1 saturated heterocycles. The first-order chi connectivity index (χ1) is 18.5. The van der Waals surface area contributed by atoms with Crippen LogP contribution in [-0.4, -0.2) is 49.3 Å². The van der Waals surface area contributed by atoms with Crippen LogP contribution in [0.2, 0.25) is 0 Å². The van der Waals surface area contributed by atoms with Crippen molar-refractivity contribution in [2.24, 2.45) is 11.8 Å². The molecule has 1 aliphatic carbocycles. The molecule has 1 aliphatic heterocycles. The summed E-state index contributed by atoms with van der Waals surface area (Å²) in [6, 6.07) is 7.55. The van der Waals surface area contributed by atoms with Gasteiger partial charge in [-0.15, -0.1) is 0 Å². The van der Waals surface area contributed by atoms with Gasteiger partial charge in [0.2, 0.25) is 5.91 Å². The number of carboxylic acids is 1. The predicted octanol–water partition coefficient (Wildman–Crippen LogP) is 6.60. The van der Waals surface area contributed by atoms with E-state index in [0.717, 1.165) is 31.7 Å². The average Bonchev–Trinajstić information content (AvgIpc) is 2.89. The number of alkyl halides is 3. The van der Waals surface area contributed by atoms with Crippen LogP contribution in [-0.2, 0) is 15.7 Å². The van der Waals surface area contributed by atoms with Gasteiger partial charge in [0.25, 0.3) is 0 Å². The van der Waals surface area contributed by atoms with Crippen molar-refractivity contribution in [3.63, 3.8) is 0 Å². The van der Waals surface area contributed by atoms with Gasteiger partial charge in [0.15, 0.2) is 0 Å². The SMILES string of the molecule is CC(C)N(c1ccc(Oc2ccc(N3CCOCC3)cc2C(F)(F)F)cc1C(=O)O)C(=O)[C@H]1CC[C@H](C)CC1. The number of carboxylic acid groups (broad SMARTS) is 1. The molecule has 0 unspecified atom stereocenters. The lowest BCUT2D eigenvalue weighted by atomic mass is 9.82. The summed E-state index contributed by atoms with van der Waals surface area (Å²) in [4.78, 5) is 29.0. The number of nitrogens with zero attached hydrogens (tertiary/aromatic N) is 2. The molecule has 0 atom stereocenters. The van der Waals surface area contributed by atoms with E-state index < -0.39 is 23.5 Å². The van der Waals surface area contributed by atoms with Crippen molar-refractivity contribution >= 4 is 23.3 Å². The summed E-state index contributed by atoms with van der Waals surface area (Å²) in [5.74, 6) is -1.58. The largest absolute Gasteiger partial charge is 0.478 e. The molecule has 10 heteroatoms. The van der Waals surface area contributed by atoms with E-state index in [1.165, 1.54) is 29.2 Å². The fourth-order valence-electron chi connectivity index (χ4n) is 5.29. The van der Waals surface area contributed by atoms with Gasteiger partial charge in [0.1, 0.15) is 17.1 Å². The molecular formula is C29H35F3N2O5. The Balaban J connectivity index is 1.65. The van der Waals surface area contributed by atoms with Gasteiger partial charge in [0.05, 0.1) is 24.5 Å². The number of carbonyl (C=O) groups excluding carboxylic acids is 1. The standard InChI is InChI=1S/C29H35F3N2O5/c1-18(2)34(27(35)20-6-4-19(3)5-7-20)25-10-9-22(17-23(25)28(36)37)39-26-11-8-21(16-24(26)29(30,31)32)33-12-14-38-15-13-33/h8-11,16-20H,4-7,12-15H2,1-3H3,(H,36,37)/t19-,20-. The Hall–Kier alpha value is -3.27. The van der Waals surface area contributed by atoms with Gasteiger partial charge < -0.3 is 24.4 Å². The summed E-state index contributed by atoms with van der Waals surface area (Å²) in [6.45, 7) is 7.59. The van der Waals surface area contributed by atoms with Crippen LogP contribution in [0.15, 0.2) is 36.4 Å². The lowest BCUT2D eigenvalue weighted by Gasteiger charge is -2.34. The molecule has 0 bridgehead atoms. The van der Waals surface area contributed by atoms with Crippen LogP contribution >= 0.6 is 0 Å². The Morgan fingerprint density at radius 3 is 2.31 bits per heavy atom. The minimum Gasteiger partial charge on any atom is -0.478 e. The normalized spacial score (nSPS) is 20.1. The van der Waals surface area contributed by atoms with Crippen LogP contribution in [0, 0.1) is 11.8 Å². The molecule has 1 heterocycles. The van der Waals surface area contributed by atoms with Gasteiger partial charge in [0, 0.05) is 30.7 Å². The fourth-order valence-corrected chi connectivity index (χ4v) is 5.29. The van der Waals surface area contributed by atoms with Crippen LogP contribution in [0.1, 0.15) is 62.4 Å². The predicted molar refractivity (Wildman–Crippen MR) is 142 cm³/mol. The van der Waals surface area contributed by atoms with Crippen molar-refractivity contribution in [2.75, 3.05) is 36.1 Å². The molecule has 1 amide bonds. The molecule has 2 aliphatic rings. The molecule has 0 radical (unpaired) electrons. The maximum atomic E-state index is 14.0. The summed E-state index contributed by atoms with van der Waals surface area (Å²) in [5.41, 5.74) is -0.565. The second-order valence-corrected chi connectivity index (χ2v) is 10.6. The van der Waals surface area contributed by atoms with E-state index >= 15 is 0 Å². The fraction of sp³-hybridized carbons (Fsp3) is 0.517. The highest BCUT2D eigenvalue weighted by Crippen LogP contribution is 2.41. The van der Waals surface area contributed by atoms with E-state index in [1.807, 2.05) is 18.7 Å². The number of hydrogen-bond acceptors (Lipinski definition) is 5. The van der Waals surface area contributed by atoms with E-state index in [9.17, 15) is 27.9 Å². The van der Waals surface area contributed by atoms with Crippen LogP contribution < -0.4 is 14.5 Å². The summed E-state index contributed by atoms with van der Waals surface area (Å²) >= 11 is 0. The Bertz CT molecular complexity index is 1190. The number of anilines is 2. The Kier molecular flexibility index (Phi) is 8.73. The van der Waals surface area contributed by atoms with E-state index in [4.69, 9.17) is 9.47 Å². The van der Waals surface area contributed by atoms with Crippen LogP contribution in [0.4, 0.5) is 24.5 Å². The summed E-state index contributed by atoms with van der Waals surface area (Å²) in [6.07, 6.45) is -1.33. The molecule has 1 saturated carbocycles. The van der Waals surface area contributed by atoms with Crippen molar-refractivity contribution in [2.45, 2.75) is 58.7 Å². The smallest absolute Gasteiger partial charge is 0.420 e. The van der Waals surface area contributed by atoms with Gasteiger partial charge in [-0.2, -0.15) is 13.2 Å². The third-order valence-electron chi connectivity index (χ3n) is 7.45. The lowest BCUT2D eigenvalue weighted by Crippen LogP contribution is -2.42. The minimum absolute atomic E-state index is 0.0663. The maximum Gasteiger partial charge on any atom is 0.420 e. The van der Waals surface area contributed by atoms with Gasteiger partial charge in [-0.1, -0.05) is 6.92 Å². The monoisotopic (exact) mass is 548 g/mol. The molecule has 7 nitrogen and oxygen atoms in total. The minimum atomic E-state index is -4.69. The number of rotatable bonds is 7. The zero-order valence-corrected chi connectivity index (χ0v) is 22.5. The molecule has 1 N–H and O–H groups in total. The second kappa shape index (κ2) is 11.9. The molecule has 2 fully saturated rings. The van der Waals surface area contributed by atoms with Gasteiger partial charge in [-0.05, 0) is 81.8 Å². The third kappa shape index (κ3) is 6.66. The molecule has 212 valence electrons. The van der Waals surface area contributed by atoms with Crippen molar-refractivity contribution < 1.29 is 37.3 Å². The first-order valence-corrected chi connectivity index (χ1v) is 13.4. The Labute approximate surface area is 226 Å². The zero-order valence-electron chi connectivity index (χ0n) is 22.5.